The Balaban J connectivity index is 1.75. The molecule has 0 amide bonds. The molecule has 0 aliphatic carbocycles. The van der Waals surface area contributed by atoms with E-state index in [9.17, 15) is 4.79 Å². The first-order valence-electron chi connectivity index (χ1n) is 12.2. The van der Waals surface area contributed by atoms with Crippen molar-refractivity contribution in [3.05, 3.63) is 54.1 Å². The van der Waals surface area contributed by atoms with Gasteiger partial charge in [0.2, 0.25) is 0 Å². The summed E-state index contributed by atoms with van der Waals surface area (Å²) in [6.45, 7) is 7.10. The summed E-state index contributed by atoms with van der Waals surface area (Å²) in [7, 11) is 0. The molecule has 0 spiro atoms. The van der Waals surface area contributed by atoms with Crippen LogP contribution in [-0.4, -0.2) is 12.6 Å². The van der Waals surface area contributed by atoms with Crippen molar-refractivity contribution >= 4 is 5.97 Å². The zero-order chi connectivity index (χ0) is 22.3. The summed E-state index contributed by atoms with van der Waals surface area (Å²) < 4.78 is 11.4. The maximum Gasteiger partial charge on any atom is 0.306 e. The number of carbonyl (C=O) groups excluding carboxylic acids is 1. The van der Waals surface area contributed by atoms with Gasteiger partial charge in [0.15, 0.2) is 0 Å². The van der Waals surface area contributed by atoms with E-state index in [2.05, 4.69) is 38.1 Å². The zero-order valence-corrected chi connectivity index (χ0v) is 19.7. The van der Waals surface area contributed by atoms with Gasteiger partial charge in [-0.25, -0.2) is 0 Å². The molecular formula is C28H40O3. The van der Waals surface area contributed by atoms with Gasteiger partial charge in [-0.15, -0.1) is 0 Å². The third kappa shape index (κ3) is 9.59. The van der Waals surface area contributed by atoms with Crippen molar-refractivity contribution < 1.29 is 14.3 Å². The third-order valence-electron chi connectivity index (χ3n) is 5.63. The second-order valence-corrected chi connectivity index (χ2v) is 8.35. The van der Waals surface area contributed by atoms with Crippen molar-refractivity contribution in [1.29, 1.82) is 0 Å². The number of carbonyl (C=O) groups is 1. The molecule has 2 rings (SSSR count). The van der Waals surface area contributed by atoms with Gasteiger partial charge < -0.3 is 9.47 Å². The van der Waals surface area contributed by atoms with Crippen LogP contribution < -0.4 is 4.74 Å². The normalized spacial score (nSPS) is 11.8. The van der Waals surface area contributed by atoms with Crippen molar-refractivity contribution in [2.24, 2.45) is 0 Å². The minimum absolute atomic E-state index is 0.0937. The lowest BCUT2D eigenvalue weighted by Gasteiger charge is -2.14. The topological polar surface area (TPSA) is 35.5 Å². The summed E-state index contributed by atoms with van der Waals surface area (Å²) in [5.74, 6) is 0.819. The summed E-state index contributed by atoms with van der Waals surface area (Å²) in [4.78, 5) is 12.1. The molecule has 0 N–H and O–H groups in total. The van der Waals surface area contributed by atoms with Crippen LogP contribution in [0.25, 0.3) is 11.1 Å². The van der Waals surface area contributed by atoms with Crippen LogP contribution in [0.2, 0.25) is 0 Å². The Morgan fingerprint density at radius 1 is 0.742 bits per heavy atom. The number of rotatable bonds is 15. The first-order chi connectivity index (χ1) is 15.1. The second-order valence-electron chi connectivity index (χ2n) is 8.35. The van der Waals surface area contributed by atoms with E-state index in [4.69, 9.17) is 9.47 Å². The Hall–Kier alpha value is -2.29. The van der Waals surface area contributed by atoms with E-state index in [1.807, 2.05) is 31.2 Å². The fourth-order valence-electron chi connectivity index (χ4n) is 3.58. The molecule has 0 aromatic heterocycles. The Morgan fingerprint density at radius 3 is 1.90 bits per heavy atom. The Labute approximate surface area is 189 Å². The smallest absolute Gasteiger partial charge is 0.306 e. The fourth-order valence-corrected chi connectivity index (χ4v) is 3.58. The number of hydrogen-bond acceptors (Lipinski definition) is 3. The van der Waals surface area contributed by atoms with Crippen LogP contribution in [0.1, 0.15) is 96.6 Å². The van der Waals surface area contributed by atoms with Crippen molar-refractivity contribution in [3.63, 3.8) is 0 Å². The maximum absolute atomic E-state index is 12.1. The second kappa shape index (κ2) is 14.7. The van der Waals surface area contributed by atoms with E-state index < -0.39 is 0 Å². The molecule has 3 nitrogen and oxygen atoms in total. The largest absolute Gasteiger partial charge is 0.494 e. The Kier molecular flexibility index (Phi) is 11.8. The van der Waals surface area contributed by atoms with Crippen LogP contribution in [0.4, 0.5) is 0 Å². The molecule has 1 unspecified atom stereocenters. The summed E-state index contributed by atoms with van der Waals surface area (Å²) in [6.07, 6.45) is 10.9. The molecule has 0 saturated heterocycles. The van der Waals surface area contributed by atoms with Crippen LogP contribution >= 0.6 is 0 Å². The molecule has 0 radical (unpaired) electrons. The molecule has 0 saturated carbocycles. The molecule has 31 heavy (non-hydrogen) atoms. The number of hydrogen-bond donors (Lipinski definition) is 0. The number of benzene rings is 2. The van der Waals surface area contributed by atoms with Gasteiger partial charge >= 0.3 is 5.97 Å². The molecule has 0 aliphatic rings. The zero-order valence-electron chi connectivity index (χ0n) is 19.7. The molecule has 0 aliphatic heterocycles. The molecule has 3 heteroatoms. The number of unbranched alkanes of at least 4 members (excludes halogenated alkanes) is 7. The van der Waals surface area contributed by atoms with E-state index in [1.165, 1.54) is 32.1 Å². The number of ether oxygens (including phenoxy) is 2. The molecule has 0 heterocycles. The summed E-state index contributed by atoms with van der Waals surface area (Å²) in [5, 5.41) is 0. The van der Waals surface area contributed by atoms with Crippen molar-refractivity contribution in [1.82, 2.24) is 0 Å². The molecule has 2 aromatic carbocycles. The van der Waals surface area contributed by atoms with E-state index in [1.54, 1.807) is 0 Å². The predicted molar refractivity (Wildman–Crippen MR) is 129 cm³/mol. The van der Waals surface area contributed by atoms with Crippen LogP contribution in [0.3, 0.4) is 0 Å². The summed E-state index contributed by atoms with van der Waals surface area (Å²) in [5.41, 5.74) is 3.32. The van der Waals surface area contributed by atoms with E-state index in [0.29, 0.717) is 6.42 Å². The monoisotopic (exact) mass is 424 g/mol. The van der Waals surface area contributed by atoms with Gasteiger partial charge in [-0.05, 0) is 48.6 Å². The van der Waals surface area contributed by atoms with Gasteiger partial charge in [0, 0.05) is 6.42 Å². The Bertz CT molecular complexity index is 734. The lowest BCUT2D eigenvalue weighted by molar-refractivity contribution is -0.148. The molecule has 170 valence electrons. The quantitative estimate of drug-likeness (QED) is 0.213. The highest BCUT2D eigenvalue weighted by molar-refractivity contribution is 5.69. The van der Waals surface area contributed by atoms with Crippen LogP contribution in [-0.2, 0) is 9.53 Å². The average molecular weight is 425 g/mol. The van der Waals surface area contributed by atoms with Crippen molar-refractivity contribution in [2.45, 2.75) is 91.1 Å². The highest BCUT2D eigenvalue weighted by Gasteiger charge is 2.12. The van der Waals surface area contributed by atoms with Crippen molar-refractivity contribution in [3.8, 4) is 16.9 Å². The molecular weight excluding hydrogens is 384 g/mol. The molecule has 1 atom stereocenters. The lowest BCUT2D eigenvalue weighted by atomic mass is 10.0. The van der Waals surface area contributed by atoms with Gasteiger partial charge in [0.05, 0.1) is 6.61 Å². The van der Waals surface area contributed by atoms with Gasteiger partial charge in [-0.3, -0.25) is 4.79 Å². The first-order valence-corrected chi connectivity index (χ1v) is 12.2. The molecule has 0 bridgehead atoms. The average Bonchev–Trinajstić information content (AvgIpc) is 2.79. The Morgan fingerprint density at radius 2 is 1.29 bits per heavy atom. The van der Waals surface area contributed by atoms with Gasteiger partial charge in [0.1, 0.15) is 11.9 Å². The van der Waals surface area contributed by atoms with Crippen molar-refractivity contribution in [2.75, 3.05) is 6.61 Å². The van der Waals surface area contributed by atoms with Crippen LogP contribution in [0, 0.1) is 0 Å². The molecule has 0 fully saturated rings. The van der Waals surface area contributed by atoms with Crippen LogP contribution in [0.5, 0.6) is 5.75 Å². The van der Waals surface area contributed by atoms with E-state index >= 15 is 0 Å². The summed E-state index contributed by atoms with van der Waals surface area (Å²) in [6, 6.07) is 16.5. The van der Waals surface area contributed by atoms with E-state index in [0.717, 1.165) is 54.7 Å². The van der Waals surface area contributed by atoms with Gasteiger partial charge in [-0.1, -0.05) is 95.2 Å². The molecule has 2 aromatic rings. The minimum atomic E-state index is -0.222. The number of esters is 1. The standard InChI is InChI=1S/C28H40O3/c1-4-6-8-9-10-11-12-13-28(29)31-23(3)24-14-16-25(17-15-24)26-18-20-27(21-19-26)30-22-7-5-2/h14-21,23H,4-13,22H2,1-3H3. The highest BCUT2D eigenvalue weighted by Crippen LogP contribution is 2.26. The highest BCUT2D eigenvalue weighted by atomic mass is 16.5. The maximum atomic E-state index is 12.1. The lowest BCUT2D eigenvalue weighted by Crippen LogP contribution is -2.08. The van der Waals surface area contributed by atoms with Gasteiger partial charge in [-0.2, -0.15) is 0 Å². The van der Waals surface area contributed by atoms with Gasteiger partial charge in [0.25, 0.3) is 0 Å². The first kappa shape index (κ1) is 25.0. The van der Waals surface area contributed by atoms with E-state index in [-0.39, 0.29) is 12.1 Å². The predicted octanol–water partition coefficient (Wildman–Crippen LogP) is 8.28. The third-order valence-corrected chi connectivity index (χ3v) is 5.63. The SMILES string of the molecule is CCCCCCCCCC(=O)OC(C)c1ccc(-c2ccc(OCCCC)cc2)cc1. The minimum Gasteiger partial charge on any atom is -0.494 e. The fraction of sp³-hybridized carbons (Fsp3) is 0.536. The summed E-state index contributed by atoms with van der Waals surface area (Å²) >= 11 is 0. The van der Waals surface area contributed by atoms with Crippen LogP contribution in [0.15, 0.2) is 48.5 Å².